The maximum Gasteiger partial charge on any atom is 0.149 e. The molecule has 0 amide bonds. The molecule has 0 aromatic carbocycles. The lowest BCUT2D eigenvalue weighted by Crippen LogP contribution is -2.29. The molecule has 90 valence electrons. The Balaban J connectivity index is 2.71. The number of aromatic nitrogens is 1. The van der Waals surface area contributed by atoms with E-state index < -0.39 is 0 Å². The lowest BCUT2D eigenvalue weighted by Gasteiger charge is -2.29. The summed E-state index contributed by atoms with van der Waals surface area (Å²) in [4.78, 5) is 4.40. The van der Waals surface area contributed by atoms with Crippen molar-refractivity contribution in [1.82, 2.24) is 4.98 Å². The monoisotopic (exact) mass is 221 g/mol. The number of hydrogen-bond acceptors (Lipinski definition) is 3. The van der Waals surface area contributed by atoms with Crippen molar-refractivity contribution >= 4 is 11.5 Å². The Morgan fingerprint density at radius 2 is 2.00 bits per heavy atom. The van der Waals surface area contributed by atoms with Gasteiger partial charge in [0.1, 0.15) is 5.82 Å². The Labute approximate surface area is 98.5 Å². The van der Waals surface area contributed by atoms with Crippen molar-refractivity contribution in [2.75, 3.05) is 17.6 Å². The highest BCUT2D eigenvalue weighted by atomic mass is 15.0. The van der Waals surface area contributed by atoms with Crippen LogP contribution in [0.3, 0.4) is 0 Å². The van der Waals surface area contributed by atoms with Gasteiger partial charge in [0.15, 0.2) is 0 Å². The molecule has 16 heavy (non-hydrogen) atoms. The van der Waals surface area contributed by atoms with Crippen LogP contribution in [0.15, 0.2) is 12.1 Å². The van der Waals surface area contributed by atoms with E-state index in [0.29, 0.717) is 11.6 Å². The van der Waals surface area contributed by atoms with Gasteiger partial charge in [0.25, 0.3) is 0 Å². The van der Waals surface area contributed by atoms with Gasteiger partial charge in [0.05, 0.1) is 5.69 Å². The van der Waals surface area contributed by atoms with E-state index in [1.807, 2.05) is 19.1 Å². The van der Waals surface area contributed by atoms with E-state index in [2.05, 4.69) is 38.0 Å². The van der Waals surface area contributed by atoms with Crippen molar-refractivity contribution in [3.63, 3.8) is 0 Å². The summed E-state index contributed by atoms with van der Waals surface area (Å²) in [5, 5.41) is 3.34. The van der Waals surface area contributed by atoms with Gasteiger partial charge >= 0.3 is 0 Å². The number of pyridine rings is 1. The van der Waals surface area contributed by atoms with E-state index in [9.17, 15) is 0 Å². The molecule has 1 heterocycles. The van der Waals surface area contributed by atoms with Gasteiger partial charge in [0.2, 0.25) is 0 Å². The quantitative estimate of drug-likeness (QED) is 0.821. The molecule has 0 aliphatic rings. The van der Waals surface area contributed by atoms with E-state index in [0.717, 1.165) is 18.1 Å². The lowest BCUT2D eigenvalue weighted by atomic mass is 9.81. The van der Waals surface area contributed by atoms with Gasteiger partial charge in [-0.2, -0.15) is 0 Å². The molecule has 0 saturated heterocycles. The van der Waals surface area contributed by atoms with Gasteiger partial charge in [-0.25, -0.2) is 4.98 Å². The van der Waals surface area contributed by atoms with Crippen LogP contribution >= 0.6 is 0 Å². The van der Waals surface area contributed by atoms with Gasteiger partial charge in [0, 0.05) is 12.2 Å². The zero-order valence-electron chi connectivity index (χ0n) is 11.0. The fourth-order valence-corrected chi connectivity index (χ4v) is 1.22. The third-order valence-corrected chi connectivity index (χ3v) is 3.34. The van der Waals surface area contributed by atoms with Crippen LogP contribution in [0.2, 0.25) is 0 Å². The van der Waals surface area contributed by atoms with Crippen LogP contribution in [0.4, 0.5) is 11.5 Å². The molecule has 1 aromatic heterocycles. The maximum absolute atomic E-state index is 5.87. The van der Waals surface area contributed by atoms with Gasteiger partial charge in [-0.05, 0) is 30.4 Å². The summed E-state index contributed by atoms with van der Waals surface area (Å²) >= 11 is 0. The van der Waals surface area contributed by atoms with Crippen molar-refractivity contribution < 1.29 is 0 Å². The Morgan fingerprint density at radius 1 is 1.38 bits per heavy atom. The van der Waals surface area contributed by atoms with E-state index in [-0.39, 0.29) is 5.41 Å². The van der Waals surface area contributed by atoms with Crippen LogP contribution in [0.25, 0.3) is 0 Å². The second-order valence-corrected chi connectivity index (χ2v) is 5.39. The van der Waals surface area contributed by atoms with Crippen molar-refractivity contribution in [3.8, 4) is 0 Å². The second-order valence-electron chi connectivity index (χ2n) is 5.39. The van der Waals surface area contributed by atoms with Crippen molar-refractivity contribution in [2.45, 2.75) is 34.6 Å². The summed E-state index contributed by atoms with van der Waals surface area (Å²) in [6, 6.07) is 3.82. The Kier molecular flexibility index (Phi) is 3.79. The van der Waals surface area contributed by atoms with Crippen molar-refractivity contribution in [2.24, 2.45) is 11.3 Å². The van der Waals surface area contributed by atoms with E-state index in [1.54, 1.807) is 0 Å². The molecule has 0 atom stereocenters. The van der Waals surface area contributed by atoms with Crippen LogP contribution < -0.4 is 11.1 Å². The van der Waals surface area contributed by atoms with Gasteiger partial charge in [-0.1, -0.05) is 27.7 Å². The SMILES string of the molecule is Cc1ccc(N)c(NCC(C)(C)C(C)C)n1. The van der Waals surface area contributed by atoms with Crippen molar-refractivity contribution in [1.29, 1.82) is 0 Å². The molecular weight excluding hydrogens is 198 g/mol. The zero-order valence-corrected chi connectivity index (χ0v) is 11.0. The largest absolute Gasteiger partial charge is 0.396 e. The number of nitrogens with two attached hydrogens (primary N) is 1. The number of rotatable bonds is 4. The maximum atomic E-state index is 5.87. The molecule has 0 radical (unpaired) electrons. The first-order valence-electron chi connectivity index (χ1n) is 5.80. The summed E-state index contributed by atoms with van der Waals surface area (Å²) in [5.41, 5.74) is 7.80. The third kappa shape index (κ3) is 3.12. The summed E-state index contributed by atoms with van der Waals surface area (Å²) in [7, 11) is 0. The van der Waals surface area contributed by atoms with Crippen LogP contribution in [-0.4, -0.2) is 11.5 Å². The fraction of sp³-hybridized carbons (Fsp3) is 0.615. The van der Waals surface area contributed by atoms with E-state index in [1.165, 1.54) is 0 Å². The number of anilines is 2. The molecule has 0 aliphatic carbocycles. The molecule has 0 aliphatic heterocycles. The van der Waals surface area contributed by atoms with Gasteiger partial charge in [-0.15, -0.1) is 0 Å². The highest BCUT2D eigenvalue weighted by molar-refractivity contribution is 5.61. The molecule has 0 unspecified atom stereocenters. The molecule has 1 aromatic rings. The molecule has 3 nitrogen and oxygen atoms in total. The van der Waals surface area contributed by atoms with Gasteiger partial charge < -0.3 is 11.1 Å². The predicted molar refractivity (Wildman–Crippen MR) is 70.5 cm³/mol. The van der Waals surface area contributed by atoms with Gasteiger partial charge in [-0.3, -0.25) is 0 Å². The minimum absolute atomic E-state index is 0.234. The zero-order chi connectivity index (χ0) is 12.3. The summed E-state index contributed by atoms with van der Waals surface area (Å²) in [6.45, 7) is 11.8. The van der Waals surface area contributed by atoms with E-state index in [4.69, 9.17) is 5.73 Å². The van der Waals surface area contributed by atoms with Crippen LogP contribution in [0.5, 0.6) is 0 Å². The molecule has 0 bridgehead atoms. The Bertz CT molecular complexity index is 356. The predicted octanol–water partition coefficient (Wildman–Crippen LogP) is 3.07. The molecule has 3 heteroatoms. The molecule has 0 saturated carbocycles. The number of aryl methyl sites for hydroxylation is 1. The van der Waals surface area contributed by atoms with Crippen LogP contribution in [0.1, 0.15) is 33.4 Å². The van der Waals surface area contributed by atoms with Crippen LogP contribution in [-0.2, 0) is 0 Å². The minimum Gasteiger partial charge on any atom is -0.396 e. The molecule has 3 N–H and O–H groups in total. The normalized spacial score (nSPS) is 11.9. The number of nitrogens with one attached hydrogen (secondary N) is 1. The molecule has 0 spiro atoms. The Hall–Kier alpha value is -1.25. The Morgan fingerprint density at radius 3 is 2.56 bits per heavy atom. The number of nitrogens with zero attached hydrogens (tertiary/aromatic N) is 1. The first-order chi connectivity index (χ1) is 7.33. The second kappa shape index (κ2) is 4.73. The number of hydrogen-bond donors (Lipinski definition) is 2. The smallest absolute Gasteiger partial charge is 0.149 e. The van der Waals surface area contributed by atoms with Crippen LogP contribution in [0, 0.1) is 18.3 Å². The average Bonchev–Trinajstić information content (AvgIpc) is 2.19. The lowest BCUT2D eigenvalue weighted by molar-refractivity contribution is 0.269. The first kappa shape index (κ1) is 12.8. The van der Waals surface area contributed by atoms with E-state index >= 15 is 0 Å². The number of nitrogen functional groups attached to an aromatic ring is 1. The summed E-state index contributed by atoms with van der Waals surface area (Å²) < 4.78 is 0. The topological polar surface area (TPSA) is 50.9 Å². The molecule has 1 rings (SSSR count). The highest BCUT2D eigenvalue weighted by Gasteiger charge is 2.22. The fourth-order valence-electron chi connectivity index (χ4n) is 1.22. The third-order valence-electron chi connectivity index (χ3n) is 3.34. The minimum atomic E-state index is 0.234. The summed E-state index contributed by atoms with van der Waals surface area (Å²) in [5.74, 6) is 1.42. The average molecular weight is 221 g/mol. The first-order valence-corrected chi connectivity index (χ1v) is 5.80. The standard InChI is InChI=1S/C13H23N3/c1-9(2)13(4,5)8-15-12-11(14)7-6-10(3)16-12/h6-7,9H,8,14H2,1-5H3,(H,15,16). The molecule has 0 fully saturated rings. The molecular formula is C13H23N3. The highest BCUT2D eigenvalue weighted by Crippen LogP contribution is 2.27. The summed E-state index contributed by atoms with van der Waals surface area (Å²) in [6.07, 6.45) is 0. The van der Waals surface area contributed by atoms with Crippen molar-refractivity contribution in [3.05, 3.63) is 17.8 Å².